The van der Waals surface area contributed by atoms with Crippen molar-refractivity contribution >= 4 is 5.96 Å². The number of hydrogen-bond donors (Lipinski definition) is 2. The highest BCUT2D eigenvalue weighted by molar-refractivity contribution is 5.79. The van der Waals surface area contributed by atoms with Crippen molar-refractivity contribution in [2.24, 2.45) is 4.99 Å². The van der Waals surface area contributed by atoms with Crippen LogP contribution in [0.25, 0.3) is 0 Å². The van der Waals surface area contributed by atoms with E-state index in [1.54, 1.807) is 7.11 Å². The zero-order chi connectivity index (χ0) is 20.3. The number of aliphatic imine (C=N–C) groups is 1. The van der Waals surface area contributed by atoms with Gasteiger partial charge in [-0.3, -0.25) is 14.8 Å². The monoisotopic (exact) mass is 403 g/mol. The van der Waals surface area contributed by atoms with Gasteiger partial charge in [-0.25, -0.2) is 0 Å². The van der Waals surface area contributed by atoms with Gasteiger partial charge in [0.25, 0.3) is 0 Å². The standard InChI is InChI=1S/C22H37N5O2/c1-23-22(24-10-13-26-14-16-29-17-15-26)25-18-21(27-11-4-3-5-12-27)19-6-8-20(28-2)9-7-19/h6-9,21H,3-5,10-18H2,1-2H3,(H2,23,24,25). The molecule has 7 nitrogen and oxygen atoms in total. The third-order valence-electron chi connectivity index (χ3n) is 5.84. The Labute approximate surface area is 175 Å². The summed E-state index contributed by atoms with van der Waals surface area (Å²) in [6, 6.07) is 8.82. The van der Waals surface area contributed by atoms with Crippen molar-refractivity contribution in [2.75, 3.05) is 73.2 Å². The SMILES string of the molecule is CN=C(NCCN1CCOCC1)NCC(c1ccc(OC)cc1)N1CCCCC1. The quantitative estimate of drug-likeness (QED) is 0.509. The summed E-state index contributed by atoms with van der Waals surface area (Å²) in [7, 11) is 3.55. The largest absolute Gasteiger partial charge is 0.497 e. The van der Waals surface area contributed by atoms with Crippen LogP contribution < -0.4 is 15.4 Å². The fraction of sp³-hybridized carbons (Fsp3) is 0.682. The molecule has 162 valence electrons. The van der Waals surface area contributed by atoms with Crippen LogP contribution in [0.2, 0.25) is 0 Å². The van der Waals surface area contributed by atoms with Crippen LogP contribution in [0.15, 0.2) is 29.3 Å². The second kappa shape index (κ2) is 12.0. The van der Waals surface area contributed by atoms with Gasteiger partial charge < -0.3 is 20.1 Å². The lowest BCUT2D eigenvalue weighted by Gasteiger charge is -2.35. The van der Waals surface area contributed by atoms with Crippen LogP contribution in [0.1, 0.15) is 30.9 Å². The number of guanidine groups is 1. The first-order valence-electron chi connectivity index (χ1n) is 10.9. The van der Waals surface area contributed by atoms with E-state index in [2.05, 4.69) is 49.7 Å². The highest BCUT2D eigenvalue weighted by Gasteiger charge is 2.22. The normalized spacial score (nSPS) is 20.3. The summed E-state index contributed by atoms with van der Waals surface area (Å²) < 4.78 is 10.8. The number of methoxy groups -OCH3 is 1. The molecule has 0 saturated carbocycles. The molecule has 0 spiro atoms. The van der Waals surface area contributed by atoms with E-state index in [4.69, 9.17) is 9.47 Å². The molecule has 2 aliphatic heterocycles. The van der Waals surface area contributed by atoms with Gasteiger partial charge in [-0.05, 0) is 43.6 Å². The molecule has 0 radical (unpaired) electrons. The maximum absolute atomic E-state index is 5.42. The Bertz CT molecular complexity index is 610. The molecule has 1 aromatic carbocycles. The zero-order valence-corrected chi connectivity index (χ0v) is 18.0. The average Bonchev–Trinajstić information content (AvgIpc) is 2.80. The summed E-state index contributed by atoms with van der Waals surface area (Å²) in [6.07, 6.45) is 3.89. The molecule has 0 aromatic heterocycles. The molecule has 29 heavy (non-hydrogen) atoms. The minimum atomic E-state index is 0.332. The van der Waals surface area contributed by atoms with E-state index in [0.717, 1.165) is 70.7 Å². The molecule has 2 fully saturated rings. The first kappa shape index (κ1) is 21.9. The first-order valence-corrected chi connectivity index (χ1v) is 10.9. The van der Waals surface area contributed by atoms with Crippen LogP contribution in [0.3, 0.4) is 0 Å². The lowest BCUT2D eigenvalue weighted by molar-refractivity contribution is 0.0389. The number of hydrogen-bond acceptors (Lipinski definition) is 5. The maximum Gasteiger partial charge on any atom is 0.191 e. The summed E-state index contributed by atoms with van der Waals surface area (Å²) in [5.74, 6) is 1.77. The van der Waals surface area contributed by atoms with Gasteiger partial charge in [0.2, 0.25) is 0 Å². The lowest BCUT2D eigenvalue weighted by atomic mass is 10.0. The van der Waals surface area contributed by atoms with Gasteiger partial charge in [0.15, 0.2) is 5.96 Å². The molecular formula is C22H37N5O2. The van der Waals surface area contributed by atoms with E-state index < -0.39 is 0 Å². The predicted octanol–water partition coefficient (Wildman–Crippen LogP) is 1.72. The molecule has 2 N–H and O–H groups in total. The molecule has 1 aromatic rings. The van der Waals surface area contributed by atoms with Crippen molar-refractivity contribution < 1.29 is 9.47 Å². The van der Waals surface area contributed by atoms with E-state index in [9.17, 15) is 0 Å². The van der Waals surface area contributed by atoms with Crippen molar-refractivity contribution in [3.05, 3.63) is 29.8 Å². The summed E-state index contributed by atoms with van der Waals surface area (Å²) in [4.78, 5) is 9.45. The zero-order valence-electron chi connectivity index (χ0n) is 18.0. The van der Waals surface area contributed by atoms with Crippen molar-refractivity contribution in [2.45, 2.75) is 25.3 Å². The molecule has 1 unspecified atom stereocenters. The van der Waals surface area contributed by atoms with Crippen molar-refractivity contribution in [3.63, 3.8) is 0 Å². The van der Waals surface area contributed by atoms with Gasteiger partial charge in [0.1, 0.15) is 5.75 Å². The van der Waals surface area contributed by atoms with Gasteiger partial charge in [-0.1, -0.05) is 18.6 Å². The van der Waals surface area contributed by atoms with Crippen molar-refractivity contribution in [1.29, 1.82) is 0 Å². The Balaban J connectivity index is 1.54. The number of ether oxygens (including phenoxy) is 2. The Morgan fingerprint density at radius 2 is 1.79 bits per heavy atom. The second-order valence-corrected chi connectivity index (χ2v) is 7.72. The van der Waals surface area contributed by atoms with Crippen LogP contribution in [0.5, 0.6) is 5.75 Å². The van der Waals surface area contributed by atoms with Crippen molar-refractivity contribution in [1.82, 2.24) is 20.4 Å². The summed E-state index contributed by atoms with van der Waals surface area (Å²) >= 11 is 0. The molecule has 2 saturated heterocycles. The van der Waals surface area contributed by atoms with Crippen LogP contribution >= 0.6 is 0 Å². The van der Waals surface area contributed by atoms with Crippen LogP contribution in [-0.4, -0.2) is 88.9 Å². The van der Waals surface area contributed by atoms with Gasteiger partial charge >= 0.3 is 0 Å². The second-order valence-electron chi connectivity index (χ2n) is 7.72. The molecule has 0 bridgehead atoms. The van der Waals surface area contributed by atoms with Gasteiger partial charge in [0.05, 0.1) is 26.4 Å². The molecule has 0 aliphatic carbocycles. The Morgan fingerprint density at radius 3 is 2.45 bits per heavy atom. The smallest absolute Gasteiger partial charge is 0.191 e. The summed E-state index contributed by atoms with van der Waals surface area (Å²) in [5.41, 5.74) is 1.32. The van der Waals surface area contributed by atoms with Crippen LogP contribution in [0, 0.1) is 0 Å². The fourth-order valence-corrected chi connectivity index (χ4v) is 4.09. The third-order valence-corrected chi connectivity index (χ3v) is 5.84. The summed E-state index contributed by atoms with van der Waals surface area (Å²) in [5, 5.41) is 7.02. The van der Waals surface area contributed by atoms with E-state index in [0.29, 0.717) is 6.04 Å². The number of morpholine rings is 1. The Morgan fingerprint density at radius 1 is 1.07 bits per heavy atom. The van der Waals surface area contributed by atoms with Gasteiger partial charge in [-0.2, -0.15) is 0 Å². The molecule has 1 atom stereocenters. The molecule has 0 amide bonds. The predicted molar refractivity (Wildman–Crippen MR) is 118 cm³/mol. The number of nitrogens with zero attached hydrogens (tertiary/aromatic N) is 3. The number of piperidine rings is 1. The minimum absolute atomic E-state index is 0.332. The van der Waals surface area contributed by atoms with E-state index in [-0.39, 0.29) is 0 Å². The Hall–Kier alpha value is -1.83. The van der Waals surface area contributed by atoms with Crippen LogP contribution in [0.4, 0.5) is 0 Å². The molecular weight excluding hydrogens is 366 g/mol. The number of likely N-dealkylation sites (tertiary alicyclic amines) is 1. The third kappa shape index (κ3) is 6.87. The van der Waals surface area contributed by atoms with Crippen molar-refractivity contribution in [3.8, 4) is 5.75 Å². The highest BCUT2D eigenvalue weighted by Crippen LogP contribution is 2.25. The van der Waals surface area contributed by atoms with Crippen LogP contribution in [-0.2, 0) is 4.74 Å². The molecule has 7 heteroatoms. The van der Waals surface area contributed by atoms with E-state index in [1.165, 1.54) is 24.8 Å². The fourth-order valence-electron chi connectivity index (χ4n) is 4.09. The first-order chi connectivity index (χ1) is 14.3. The van der Waals surface area contributed by atoms with Gasteiger partial charge in [0, 0.05) is 39.8 Å². The minimum Gasteiger partial charge on any atom is -0.497 e. The number of nitrogens with one attached hydrogen (secondary N) is 2. The molecule has 2 aliphatic rings. The molecule has 2 heterocycles. The maximum atomic E-state index is 5.42. The summed E-state index contributed by atoms with van der Waals surface area (Å²) in [6.45, 7) is 8.75. The Kier molecular flexibility index (Phi) is 9.05. The highest BCUT2D eigenvalue weighted by atomic mass is 16.5. The average molecular weight is 404 g/mol. The van der Waals surface area contributed by atoms with E-state index >= 15 is 0 Å². The number of benzene rings is 1. The lowest BCUT2D eigenvalue weighted by Crippen LogP contribution is -2.47. The topological polar surface area (TPSA) is 61.4 Å². The van der Waals surface area contributed by atoms with Gasteiger partial charge in [-0.15, -0.1) is 0 Å². The van der Waals surface area contributed by atoms with E-state index in [1.807, 2.05) is 7.05 Å². The number of rotatable bonds is 8. The molecule has 3 rings (SSSR count).